The SMILES string of the molecule is Cc1ccc(O)c(CNCc2sccc2C)n1. The molecule has 17 heavy (non-hydrogen) atoms. The third-order valence-corrected chi connectivity index (χ3v) is 3.66. The van der Waals surface area contributed by atoms with Crippen LogP contribution in [-0.2, 0) is 13.1 Å². The fraction of sp³-hybridized carbons (Fsp3) is 0.308. The van der Waals surface area contributed by atoms with Crippen LogP contribution in [0.15, 0.2) is 23.6 Å². The minimum absolute atomic E-state index is 0.256. The zero-order valence-corrected chi connectivity index (χ0v) is 10.8. The number of pyridine rings is 1. The van der Waals surface area contributed by atoms with E-state index in [2.05, 4.69) is 28.7 Å². The molecule has 0 atom stereocenters. The normalized spacial score (nSPS) is 10.7. The molecule has 0 unspecified atom stereocenters. The summed E-state index contributed by atoms with van der Waals surface area (Å²) in [5.74, 6) is 0.256. The van der Waals surface area contributed by atoms with E-state index in [9.17, 15) is 5.11 Å². The van der Waals surface area contributed by atoms with Crippen molar-refractivity contribution in [2.24, 2.45) is 0 Å². The smallest absolute Gasteiger partial charge is 0.138 e. The molecular weight excluding hydrogens is 232 g/mol. The lowest BCUT2D eigenvalue weighted by Crippen LogP contribution is -2.13. The van der Waals surface area contributed by atoms with Gasteiger partial charge < -0.3 is 10.4 Å². The second-order valence-electron chi connectivity index (χ2n) is 4.05. The Morgan fingerprint density at radius 3 is 2.76 bits per heavy atom. The average Bonchev–Trinajstić information content (AvgIpc) is 2.70. The van der Waals surface area contributed by atoms with E-state index in [1.54, 1.807) is 17.4 Å². The highest BCUT2D eigenvalue weighted by Crippen LogP contribution is 2.17. The van der Waals surface area contributed by atoms with Crippen LogP contribution >= 0.6 is 11.3 Å². The second kappa shape index (κ2) is 5.29. The Morgan fingerprint density at radius 2 is 2.06 bits per heavy atom. The quantitative estimate of drug-likeness (QED) is 0.874. The van der Waals surface area contributed by atoms with E-state index in [-0.39, 0.29) is 5.75 Å². The summed E-state index contributed by atoms with van der Waals surface area (Å²) < 4.78 is 0. The Morgan fingerprint density at radius 1 is 1.24 bits per heavy atom. The standard InChI is InChI=1S/C13H16N2OS/c1-9-5-6-17-13(9)8-14-7-11-12(16)4-3-10(2)15-11/h3-6,14,16H,7-8H2,1-2H3. The van der Waals surface area contributed by atoms with Crippen LogP contribution in [0.5, 0.6) is 5.75 Å². The lowest BCUT2D eigenvalue weighted by molar-refractivity contribution is 0.459. The Kier molecular flexibility index (Phi) is 3.76. The Bertz CT molecular complexity index is 508. The van der Waals surface area contributed by atoms with Crippen LogP contribution in [0, 0.1) is 13.8 Å². The highest BCUT2D eigenvalue weighted by Gasteiger charge is 2.04. The Labute approximate surface area is 105 Å². The first-order valence-corrected chi connectivity index (χ1v) is 6.44. The van der Waals surface area contributed by atoms with E-state index >= 15 is 0 Å². The van der Waals surface area contributed by atoms with Gasteiger partial charge in [0.05, 0.1) is 5.69 Å². The lowest BCUT2D eigenvalue weighted by Gasteiger charge is -2.06. The number of nitrogens with zero attached hydrogens (tertiary/aromatic N) is 1. The number of thiophene rings is 1. The van der Waals surface area contributed by atoms with Gasteiger partial charge in [-0.25, -0.2) is 0 Å². The highest BCUT2D eigenvalue weighted by molar-refractivity contribution is 7.10. The van der Waals surface area contributed by atoms with Crippen molar-refractivity contribution in [1.29, 1.82) is 0 Å². The van der Waals surface area contributed by atoms with Gasteiger partial charge in [0, 0.05) is 23.7 Å². The van der Waals surface area contributed by atoms with E-state index in [4.69, 9.17) is 0 Å². The molecule has 0 radical (unpaired) electrons. The van der Waals surface area contributed by atoms with Gasteiger partial charge in [-0.3, -0.25) is 4.98 Å². The number of nitrogens with one attached hydrogen (secondary N) is 1. The van der Waals surface area contributed by atoms with Crippen LogP contribution in [-0.4, -0.2) is 10.1 Å². The molecule has 0 saturated carbocycles. The topological polar surface area (TPSA) is 45.1 Å². The van der Waals surface area contributed by atoms with Crippen LogP contribution in [0.4, 0.5) is 0 Å². The Balaban J connectivity index is 1.94. The summed E-state index contributed by atoms with van der Waals surface area (Å²) in [5.41, 5.74) is 2.94. The van der Waals surface area contributed by atoms with Gasteiger partial charge in [-0.1, -0.05) is 0 Å². The molecule has 2 heterocycles. The first-order chi connectivity index (χ1) is 8.16. The van der Waals surface area contributed by atoms with E-state index < -0.39 is 0 Å². The van der Waals surface area contributed by atoms with E-state index in [0.717, 1.165) is 12.2 Å². The van der Waals surface area contributed by atoms with Crippen molar-refractivity contribution in [1.82, 2.24) is 10.3 Å². The summed E-state index contributed by atoms with van der Waals surface area (Å²) in [7, 11) is 0. The van der Waals surface area contributed by atoms with Crippen molar-refractivity contribution >= 4 is 11.3 Å². The maximum Gasteiger partial charge on any atom is 0.138 e. The zero-order chi connectivity index (χ0) is 12.3. The molecule has 0 aliphatic rings. The fourth-order valence-electron chi connectivity index (χ4n) is 1.61. The predicted molar refractivity (Wildman–Crippen MR) is 70.2 cm³/mol. The largest absolute Gasteiger partial charge is 0.506 e. The summed E-state index contributed by atoms with van der Waals surface area (Å²) in [6, 6.07) is 5.61. The molecule has 0 saturated heterocycles. The molecule has 2 aromatic rings. The summed E-state index contributed by atoms with van der Waals surface area (Å²) in [5, 5.41) is 15.0. The van der Waals surface area contributed by atoms with Crippen LogP contribution in [0.2, 0.25) is 0 Å². The maximum absolute atomic E-state index is 9.65. The molecular formula is C13H16N2OS. The average molecular weight is 248 g/mol. The van der Waals surface area contributed by atoms with Gasteiger partial charge in [0.2, 0.25) is 0 Å². The third kappa shape index (κ3) is 3.05. The maximum atomic E-state index is 9.65. The van der Waals surface area contributed by atoms with Gasteiger partial charge in [-0.2, -0.15) is 0 Å². The first kappa shape index (κ1) is 12.1. The van der Waals surface area contributed by atoms with Gasteiger partial charge in [-0.05, 0) is 43.0 Å². The fourth-order valence-corrected chi connectivity index (χ4v) is 2.49. The minimum Gasteiger partial charge on any atom is -0.506 e. The zero-order valence-electron chi connectivity index (χ0n) is 10.0. The van der Waals surface area contributed by atoms with Crippen molar-refractivity contribution in [3.05, 3.63) is 45.4 Å². The van der Waals surface area contributed by atoms with E-state index in [1.807, 2.05) is 13.0 Å². The van der Waals surface area contributed by atoms with Crippen molar-refractivity contribution in [2.45, 2.75) is 26.9 Å². The van der Waals surface area contributed by atoms with E-state index in [0.29, 0.717) is 12.2 Å². The van der Waals surface area contributed by atoms with Gasteiger partial charge in [-0.15, -0.1) is 11.3 Å². The molecule has 90 valence electrons. The molecule has 2 N–H and O–H groups in total. The number of rotatable bonds is 4. The molecule has 0 aliphatic carbocycles. The Hall–Kier alpha value is -1.39. The monoisotopic (exact) mass is 248 g/mol. The van der Waals surface area contributed by atoms with E-state index in [1.165, 1.54) is 10.4 Å². The van der Waals surface area contributed by atoms with Crippen LogP contribution in [0.3, 0.4) is 0 Å². The van der Waals surface area contributed by atoms with Crippen molar-refractivity contribution in [3.8, 4) is 5.75 Å². The van der Waals surface area contributed by atoms with Crippen molar-refractivity contribution < 1.29 is 5.11 Å². The number of hydrogen-bond acceptors (Lipinski definition) is 4. The summed E-state index contributed by atoms with van der Waals surface area (Å²) >= 11 is 1.75. The van der Waals surface area contributed by atoms with Gasteiger partial charge in [0.1, 0.15) is 5.75 Å². The molecule has 0 spiro atoms. The first-order valence-electron chi connectivity index (χ1n) is 5.56. The molecule has 0 aliphatic heterocycles. The van der Waals surface area contributed by atoms with Crippen LogP contribution in [0.25, 0.3) is 0 Å². The molecule has 0 fully saturated rings. The molecule has 4 heteroatoms. The predicted octanol–water partition coefficient (Wildman–Crippen LogP) is 2.76. The van der Waals surface area contributed by atoms with Crippen LogP contribution in [0.1, 0.15) is 21.8 Å². The molecule has 0 aromatic carbocycles. The molecule has 0 bridgehead atoms. The molecule has 0 amide bonds. The summed E-state index contributed by atoms with van der Waals surface area (Å²) in [6.45, 7) is 5.44. The number of aromatic nitrogens is 1. The minimum atomic E-state index is 0.256. The number of aromatic hydroxyl groups is 1. The molecule has 2 aromatic heterocycles. The number of hydrogen-bond donors (Lipinski definition) is 2. The molecule has 2 rings (SSSR count). The summed E-state index contributed by atoms with van der Waals surface area (Å²) in [4.78, 5) is 5.64. The third-order valence-electron chi connectivity index (χ3n) is 2.64. The van der Waals surface area contributed by atoms with Gasteiger partial charge >= 0.3 is 0 Å². The highest BCUT2D eigenvalue weighted by atomic mass is 32.1. The van der Waals surface area contributed by atoms with Gasteiger partial charge in [0.25, 0.3) is 0 Å². The van der Waals surface area contributed by atoms with Crippen molar-refractivity contribution in [3.63, 3.8) is 0 Å². The summed E-state index contributed by atoms with van der Waals surface area (Å²) in [6.07, 6.45) is 0. The molecule has 3 nitrogen and oxygen atoms in total. The van der Waals surface area contributed by atoms with Crippen LogP contribution < -0.4 is 5.32 Å². The van der Waals surface area contributed by atoms with Gasteiger partial charge in [0.15, 0.2) is 0 Å². The second-order valence-corrected chi connectivity index (χ2v) is 5.05. The van der Waals surface area contributed by atoms with Crippen molar-refractivity contribution in [2.75, 3.05) is 0 Å². The lowest BCUT2D eigenvalue weighted by atomic mass is 10.2. The number of aryl methyl sites for hydroxylation is 2.